The summed E-state index contributed by atoms with van der Waals surface area (Å²) in [7, 11) is 0. The molecule has 2 aromatic heterocycles. The van der Waals surface area contributed by atoms with E-state index in [1.165, 1.54) is 6.07 Å². The molecule has 2 heterocycles. The zero-order valence-corrected chi connectivity index (χ0v) is 17.0. The second-order valence-corrected chi connectivity index (χ2v) is 7.44. The van der Waals surface area contributed by atoms with Crippen LogP contribution in [0.1, 0.15) is 17.8 Å². The van der Waals surface area contributed by atoms with Gasteiger partial charge >= 0.3 is 11.6 Å². The van der Waals surface area contributed by atoms with Gasteiger partial charge in [0.15, 0.2) is 0 Å². The molecule has 0 fully saturated rings. The van der Waals surface area contributed by atoms with Crippen molar-refractivity contribution in [2.45, 2.75) is 19.4 Å². The number of nitrogens with zero attached hydrogens (tertiary/aromatic N) is 1. The minimum absolute atomic E-state index is 0.0431. The third kappa shape index (κ3) is 3.76. The molecule has 3 aromatic carbocycles. The van der Waals surface area contributed by atoms with Crippen LogP contribution in [0, 0.1) is 0 Å². The Balaban J connectivity index is 1.35. The van der Waals surface area contributed by atoms with Gasteiger partial charge in [-0.3, -0.25) is 9.59 Å². The van der Waals surface area contributed by atoms with Crippen LogP contribution in [0.25, 0.3) is 32.6 Å². The highest BCUT2D eigenvalue weighted by atomic mass is 16.5. The van der Waals surface area contributed by atoms with Crippen molar-refractivity contribution in [3.63, 3.8) is 0 Å². The quantitative estimate of drug-likeness (QED) is 0.260. The fourth-order valence-electron chi connectivity index (χ4n) is 3.84. The highest BCUT2D eigenvalue weighted by Crippen LogP contribution is 2.27. The SMILES string of the molecule is O=C(CCc1nc2ccccc2c(=O)[nH]1)OCc1cc(=O)oc2ccc3ccccc3c12. The van der Waals surface area contributed by atoms with Gasteiger partial charge in [-0.05, 0) is 29.0 Å². The molecule has 0 saturated heterocycles. The van der Waals surface area contributed by atoms with E-state index in [1.54, 1.807) is 30.3 Å². The first-order valence-electron chi connectivity index (χ1n) is 10.2. The summed E-state index contributed by atoms with van der Waals surface area (Å²) in [4.78, 5) is 43.6. The van der Waals surface area contributed by atoms with E-state index in [1.807, 2.05) is 30.3 Å². The minimum Gasteiger partial charge on any atom is -0.461 e. The number of ether oxygens (including phenoxy) is 1. The fraction of sp³-hybridized carbons (Fsp3) is 0.120. The van der Waals surface area contributed by atoms with E-state index in [2.05, 4.69) is 9.97 Å². The number of aromatic nitrogens is 2. The Hall–Kier alpha value is -4.26. The van der Waals surface area contributed by atoms with E-state index in [0.717, 1.165) is 16.2 Å². The normalized spacial score (nSPS) is 11.2. The van der Waals surface area contributed by atoms with Gasteiger partial charge in [0.2, 0.25) is 0 Å². The molecule has 0 aliphatic rings. The monoisotopic (exact) mass is 426 g/mol. The summed E-state index contributed by atoms with van der Waals surface area (Å²) >= 11 is 0. The summed E-state index contributed by atoms with van der Waals surface area (Å²) in [6.45, 7) is -0.0589. The molecule has 7 nitrogen and oxygen atoms in total. The second kappa shape index (κ2) is 8.11. The number of carbonyl (C=O) groups excluding carboxylic acids is 1. The average Bonchev–Trinajstić information content (AvgIpc) is 2.81. The van der Waals surface area contributed by atoms with Crippen molar-refractivity contribution < 1.29 is 13.9 Å². The van der Waals surface area contributed by atoms with Crippen molar-refractivity contribution in [3.8, 4) is 0 Å². The molecule has 0 radical (unpaired) electrons. The van der Waals surface area contributed by atoms with Gasteiger partial charge < -0.3 is 14.1 Å². The van der Waals surface area contributed by atoms with Crippen molar-refractivity contribution in [1.29, 1.82) is 0 Å². The second-order valence-electron chi connectivity index (χ2n) is 7.44. The number of rotatable bonds is 5. The third-order valence-electron chi connectivity index (χ3n) is 5.33. The van der Waals surface area contributed by atoms with Crippen LogP contribution in [0.3, 0.4) is 0 Å². The lowest BCUT2D eigenvalue weighted by atomic mass is 10.0. The number of fused-ring (bicyclic) bond motifs is 4. The summed E-state index contributed by atoms with van der Waals surface area (Å²) in [5, 5.41) is 3.15. The summed E-state index contributed by atoms with van der Waals surface area (Å²) in [6, 6.07) is 19.7. The van der Waals surface area contributed by atoms with Gasteiger partial charge in [0.1, 0.15) is 18.0 Å². The molecule has 1 N–H and O–H groups in total. The predicted molar refractivity (Wildman–Crippen MR) is 120 cm³/mol. The maximum absolute atomic E-state index is 12.4. The molecule has 0 amide bonds. The first kappa shape index (κ1) is 19.7. The molecule has 0 aliphatic carbocycles. The van der Waals surface area contributed by atoms with E-state index in [0.29, 0.717) is 27.9 Å². The van der Waals surface area contributed by atoms with Crippen LogP contribution in [-0.4, -0.2) is 15.9 Å². The largest absolute Gasteiger partial charge is 0.461 e. The van der Waals surface area contributed by atoms with Crippen LogP contribution in [0.15, 0.2) is 80.7 Å². The van der Waals surface area contributed by atoms with Crippen LogP contribution >= 0.6 is 0 Å². The fourth-order valence-corrected chi connectivity index (χ4v) is 3.84. The Morgan fingerprint density at radius 1 is 0.969 bits per heavy atom. The number of esters is 1. The van der Waals surface area contributed by atoms with E-state index >= 15 is 0 Å². The molecule has 0 unspecified atom stereocenters. The molecule has 5 aromatic rings. The number of aromatic amines is 1. The number of aryl methyl sites for hydroxylation is 1. The molecule has 158 valence electrons. The van der Waals surface area contributed by atoms with Crippen LogP contribution in [0.5, 0.6) is 0 Å². The van der Waals surface area contributed by atoms with E-state index in [4.69, 9.17) is 9.15 Å². The number of para-hydroxylation sites is 1. The Bertz CT molecular complexity index is 1600. The maximum atomic E-state index is 12.4. The highest BCUT2D eigenvalue weighted by molar-refractivity contribution is 6.07. The van der Waals surface area contributed by atoms with Crippen LogP contribution in [-0.2, 0) is 22.6 Å². The first-order valence-corrected chi connectivity index (χ1v) is 10.2. The summed E-state index contributed by atoms with van der Waals surface area (Å²) < 4.78 is 10.8. The van der Waals surface area contributed by atoms with Crippen LogP contribution in [0.4, 0.5) is 0 Å². The van der Waals surface area contributed by atoms with Gasteiger partial charge in [-0.1, -0.05) is 42.5 Å². The van der Waals surface area contributed by atoms with E-state index in [-0.39, 0.29) is 25.0 Å². The van der Waals surface area contributed by atoms with Crippen molar-refractivity contribution in [2.24, 2.45) is 0 Å². The van der Waals surface area contributed by atoms with Gasteiger partial charge in [-0.25, -0.2) is 9.78 Å². The topological polar surface area (TPSA) is 102 Å². The summed E-state index contributed by atoms with van der Waals surface area (Å²) in [6.07, 6.45) is 0.279. The number of hydrogen-bond donors (Lipinski definition) is 1. The Kier molecular flexibility index (Phi) is 4.99. The molecule has 0 saturated carbocycles. The lowest BCUT2D eigenvalue weighted by Crippen LogP contribution is -2.14. The zero-order valence-electron chi connectivity index (χ0n) is 17.0. The molecule has 7 heteroatoms. The van der Waals surface area contributed by atoms with Gasteiger partial charge in [0.25, 0.3) is 5.56 Å². The lowest BCUT2D eigenvalue weighted by molar-refractivity contribution is -0.144. The Morgan fingerprint density at radius 3 is 2.62 bits per heavy atom. The summed E-state index contributed by atoms with van der Waals surface area (Å²) in [5.41, 5.74) is 0.859. The lowest BCUT2D eigenvalue weighted by Gasteiger charge is -2.10. The smallest absolute Gasteiger partial charge is 0.336 e. The molecule has 32 heavy (non-hydrogen) atoms. The number of carbonyl (C=O) groups is 1. The van der Waals surface area contributed by atoms with Gasteiger partial charge in [-0.2, -0.15) is 0 Å². The molecule has 0 atom stereocenters. The molecular formula is C25H18N2O5. The van der Waals surface area contributed by atoms with Crippen LogP contribution in [0.2, 0.25) is 0 Å². The minimum atomic E-state index is -0.503. The van der Waals surface area contributed by atoms with Crippen molar-refractivity contribution in [2.75, 3.05) is 0 Å². The Morgan fingerprint density at radius 2 is 1.75 bits per heavy atom. The van der Waals surface area contributed by atoms with Crippen LogP contribution < -0.4 is 11.2 Å². The highest BCUT2D eigenvalue weighted by Gasteiger charge is 2.13. The summed E-state index contributed by atoms with van der Waals surface area (Å²) in [5.74, 6) is -0.0371. The van der Waals surface area contributed by atoms with Crippen molar-refractivity contribution in [3.05, 3.63) is 98.9 Å². The predicted octanol–water partition coefficient (Wildman–Crippen LogP) is 3.86. The number of benzene rings is 3. The zero-order chi connectivity index (χ0) is 22.1. The third-order valence-corrected chi connectivity index (χ3v) is 5.33. The van der Waals surface area contributed by atoms with Crippen molar-refractivity contribution in [1.82, 2.24) is 9.97 Å². The molecule has 0 aliphatic heterocycles. The number of H-pyrrole nitrogens is 1. The first-order chi connectivity index (χ1) is 15.6. The maximum Gasteiger partial charge on any atom is 0.336 e. The molecule has 5 rings (SSSR count). The molecule has 0 spiro atoms. The molecule has 0 bridgehead atoms. The van der Waals surface area contributed by atoms with Gasteiger partial charge in [0.05, 0.1) is 17.3 Å². The Labute approximate surface area is 181 Å². The number of hydrogen-bond acceptors (Lipinski definition) is 6. The van der Waals surface area contributed by atoms with E-state index < -0.39 is 11.6 Å². The standard InChI is InChI=1S/C25H18N2O5/c28-22(12-11-21-26-19-8-4-3-7-18(19)25(30)27-21)31-14-16-13-23(29)32-20-10-9-15-5-1-2-6-17(15)24(16)20/h1-10,13H,11-12,14H2,(H,26,27,30). The number of nitrogens with one attached hydrogen (secondary N) is 1. The average molecular weight is 426 g/mol. The van der Waals surface area contributed by atoms with E-state index in [9.17, 15) is 14.4 Å². The van der Waals surface area contributed by atoms with Gasteiger partial charge in [0, 0.05) is 23.4 Å². The molecular weight excluding hydrogens is 408 g/mol. The van der Waals surface area contributed by atoms with Gasteiger partial charge in [-0.15, -0.1) is 0 Å². The van der Waals surface area contributed by atoms with Crippen molar-refractivity contribution >= 4 is 38.6 Å².